The molecule has 0 radical (unpaired) electrons. The summed E-state index contributed by atoms with van der Waals surface area (Å²) in [5.74, 6) is -0.734. The number of hydrazone groups is 2. The van der Waals surface area contributed by atoms with Crippen LogP contribution in [0.5, 0.6) is 11.5 Å². The molecular weight excluding hydrogens is 410 g/mol. The number of nitrogens with one attached hydrogen (secondary N) is 2. The number of aromatic nitrogens is 1. The summed E-state index contributed by atoms with van der Waals surface area (Å²) in [5, 5.41) is 26.7. The van der Waals surface area contributed by atoms with E-state index in [1.54, 1.807) is 38.1 Å². The van der Waals surface area contributed by atoms with Gasteiger partial charge in [-0.2, -0.15) is 10.2 Å². The number of benzene rings is 2. The monoisotopic (exact) mass is 431 g/mol. The van der Waals surface area contributed by atoms with Gasteiger partial charge in [-0.1, -0.05) is 0 Å². The standard InChI is InChI=1S/C23H21N5O4/c1-14(16-3-8-19(29)9-4-16)25-27-22(31)18-7-12-21(24-13-18)23(32)28-26-15(2)17-5-10-20(30)11-6-17/h3-13,29-30H,1-2H3,(H,27,31)(H,28,32). The fraction of sp³-hybridized carbons (Fsp3) is 0.0870. The molecule has 0 aliphatic heterocycles. The third kappa shape index (κ3) is 5.76. The number of nitrogens with zero attached hydrogens (tertiary/aromatic N) is 3. The summed E-state index contributed by atoms with van der Waals surface area (Å²) < 4.78 is 0. The zero-order valence-corrected chi connectivity index (χ0v) is 17.4. The Bertz CT molecular complexity index is 1070. The summed E-state index contributed by atoms with van der Waals surface area (Å²) in [7, 11) is 0. The average molecular weight is 431 g/mol. The summed E-state index contributed by atoms with van der Waals surface area (Å²) in [6.45, 7) is 3.44. The molecule has 1 heterocycles. The SMILES string of the molecule is CC(=NNC(=O)c1ccc(C(=O)NN=C(C)c2ccc(O)cc2)nc1)c1ccc(O)cc1. The van der Waals surface area contributed by atoms with E-state index >= 15 is 0 Å². The number of aromatic hydroxyl groups is 2. The van der Waals surface area contributed by atoms with Crippen LogP contribution in [0.15, 0.2) is 77.1 Å². The number of hydrogen-bond donors (Lipinski definition) is 4. The van der Waals surface area contributed by atoms with Gasteiger partial charge in [0.15, 0.2) is 0 Å². The van der Waals surface area contributed by atoms with E-state index < -0.39 is 11.8 Å². The minimum atomic E-state index is -0.531. The Morgan fingerprint density at radius 2 is 1.12 bits per heavy atom. The lowest BCUT2D eigenvalue weighted by Crippen LogP contribution is -2.22. The molecule has 0 spiro atoms. The van der Waals surface area contributed by atoms with Gasteiger partial charge >= 0.3 is 0 Å². The largest absolute Gasteiger partial charge is 0.508 e. The van der Waals surface area contributed by atoms with Gasteiger partial charge in [0, 0.05) is 6.20 Å². The van der Waals surface area contributed by atoms with Crippen molar-refractivity contribution in [1.29, 1.82) is 0 Å². The highest BCUT2D eigenvalue weighted by Crippen LogP contribution is 2.11. The zero-order chi connectivity index (χ0) is 23.1. The summed E-state index contributed by atoms with van der Waals surface area (Å²) in [4.78, 5) is 28.5. The van der Waals surface area contributed by atoms with Crippen molar-refractivity contribution in [3.63, 3.8) is 0 Å². The molecule has 1 aromatic heterocycles. The fourth-order valence-electron chi connectivity index (χ4n) is 2.59. The van der Waals surface area contributed by atoms with Gasteiger partial charge in [0.2, 0.25) is 0 Å². The van der Waals surface area contributed by atoms with E-state index in [1.807, 2.05) is 0 Å². The van der Waals surface area contributed by atoms with Crippen LogP contribution in [0, 0.1) is 0 Å². The highest BCUT2D eigenvalue weighted by Gasteiger charge is 2.10. The van der Waals surface area contributed by atoms with Crippen LogP contribution in [0.2, 0.25) is 0 Å². The quantitative estimate of drug-likeness (QED) is 0.351. The van der Waals surface area contributed by atoms with Gasteiger partial charge in [0.25, 0.3) is 11.8 Å². The predicted molar refractivity (Wildman–Crippen MR) is 120 cm³/mol. The van der Waals surface area contributed by atoms with E-state index in [4.69, 9.17) is 0 Å². The summed E-state index contributed by atoms with van der Waals surface area (Å²) in [6, 6.07) is 15.7. The Hall–Kier alpha value is -4.53. The maximum atomic E-state index is 12.3. The molecule has 9 nitrogen and oxygen atoms in total. The first-order chi connectivity index (χ1) is 15.3. The van der Waals surface area contributed by atoms with Crippen molar-refractivity contribution < 1.29 is 19.8 Å². The normalized spacial score (nSPS) is 11.7. The molecule has 32 heavy (non-hydrogen) atoms. The molecule has 3 aromatic rings. The first kappa shape index (κ1) is 22.2. The van der Waals surface area contributed by atoms with Gasteiger partial charge in [-0.3, -0.25) is 14.6 Å². The van der Waals surface area contributed by atoms with Crippen molar-refractivity contribution in [1.82, 2.24) is 15.8 Å². The summed E-state index contributed by atoms with van der Waals surface area (Å²) in [5.41, 5.74) is 7.76. The van der Waals surface area contributed by atoms with E-state index in [0.717, 1.165) is 11.1 Å². The topological polar surface area (TPSA) is 136 Å². The highest BCUT2D eigenvalue weighted by molar-refractivity contribution is 6.02. The Kier molecular flexibility index (Phi) is 6.92. The molecule has 9 heteroatoms. The molecule has 0 aliphatic rings. The van der Waals surface area contributed by atoms with Crippen LogP contribution in [0.1, 0.15) is 45.8 Å². The second-order valence-corrected chi connectivity index (χ2v) is 6.80. The van der Waals surface area contributed by atoms with Crippen LogP contribution in [0.3, 0.4) is 0 Å². The Balaban J connectivity index is 1.59. The molecule has 3 rings (SSSR count). The van der Waals surface area contributed by atoms with Gasteiger partial charge < -0.3 is 10.2 Å². The molecule has 0 bridgehead atoms. The summed E-state index contributed by atoms with van der Waals surface area (Å²) >= 11 is 0. The average Bonchev–Trinajstić information content (AvgIpc) is 2.81. The Morgan fingerprint density at radius 3 is 1.56 bits per heavy atom. The van der Waals surface area contributed by atoms with E-state index in [1.165, 1.54) is 42.6 Å². The summed E-state index contributed by atoms with van der Waals surface area (Å²) in [6.07, 6.45) is 1.27. The second kappa shape index (κ2) is 9.98. The molecule has 0 fully saturated rings. The zero-order valence-electron chi connectivity index (χ0n) is 17.4. The third-order valence-electron chi connectivity index (χ3n) is 4.48. The van der Waals surface area contributed by atoms with Gasteiger partial charge in [-0.15, -0.1) is 0 Å². The second-order valence-electron chi connectivity index (χ2n) is 6.80. The minimum Gasteiger partial charge on any atom is -0.508 e. The van der Waals surface area contributed by atoms with E-state index in [9.17, 15) is 19.8 Å². The lowest BCUT2D eigenvalue weighted by Gasteiger charge is -2.05. The number of pyridine rings is 1. The lowest BCUT2D eigenvalue weighted by molar-refractivity contribution is 0.0939. The van der Waals surface area contributed by atoms with Crippen LogP contribution < -0.4 is 10.9 Å². The maximum absolute atomic E-state index is 12.3. The van der Waals surface area contributed by atoms with Crippen LogP contribution in [0.4, 0.5) is 0 Å². The molecule has 0 atom stereocenters. The molecule has 0 saturated heterocycles. The molecule has 4 N–H and O–H groups in total. The van der Waals surface area contributed by atoms with Gasteiger partial charge in [-0.05, 0) is 85.6 Å². The smallest absolute Gasteiger partial charge is 0.289 e. The fourth-order valence-corrected chi connectivity index (χ4v) is 2.59. The van der Waals surface area contributed by atoms with Crippen molar-refractivity contribution in [2.45, 2.75) is 13.8 Å². The van der Waals surface area contributed by atoms with Crippen molar-refractivity contribution in [3.05, 3.63) is 89.2 Å². The van der Waals surface area contributed by atoms with Gasteiger partial charge in [-0.25, -0.2) is 10.9 Å². The molecule has 162 valence electrons. The van der Waals surface area contributed by atoms with Gasteiger partial charge in [0.1, 0.15) is 17.2 Å². The number of phenols is 2. The number of hydrogen-bond acceptors (Lipinski definition) is 7. The van der Waals surface area contributed by atoms with E-state index in [-0.39, 0.29) is 22.8 Å². The van der Waals surface area contributed by atoms with E-state index in [2.05, 4.69) is 26.0 Å². The van der Waals surface area contributed by atoms with Crippen LogP contribution in [-0.4, -0.2) is 38.4 Å². The molecule has 2 amide bonds. The Morgan fingerprint density at radius 1 is 0.688 bits per heavy atom. The van der Waals surface area contributed by atoms with Crippen LogP contribution >= 0.6 is 0 Å². The number of amides is 2. The molecule has 0 aliphatic carbocycles. The Labute approximate surface area is 184 Å². The van der Waals surface area contributed by atoms with Crippen molar-refractivity contribution in [2.75, 3.05) is 0 Å². The predicted octanol–water partition coefficient (Wildman–Crippen LogP) is 2.80. The number of carbonyl (C=O) groups is 2. The number of phenolic OH excluding ortho intramolecular Hbond substituents is 2. The van der Waals surface area contributed by atoms with Crippen LogP contribution in [-0.2, 0) is 0 Å². The number of carbonyl (C=O) groups excluding carboxylic acids is 2. The van der Waals surface area contributed by atoms with Crippen molar-refractivity contribution >= 4 is 23.2 Å². The molecule has 0 unspecified atom stereocenters. The highest BCUT2D eigenvalue weighted by atomic mass is 16.3. The molecule has 2 aromatic carbocycles. The van der Waals surface area contributed by atoms with Crippen molar-refractivity contribution in [3.8, 4) is 11.5 Å². The minimum absolute atomic E-state index is 0.0904. The van der Waals surface area contributed by atoms with Gasteiger partial charge in [0.05, 0.1) is 17.0 Å². The lowest BCUT2D eigenvalue weighted by atomic mass is 10.1. The van der Waals surface area contributed by atoms with Crippen LogP contribution in [0.25, 0.3) is 0 Å². The first-order valence-electron chi connectivity index (χ1n) is 9.57. The maximum Gasteiger partial charge on any atom is 0.289 e. The third-order valence-corrected chi connectivity index (χ3v) is 4.48. The van der Waals surface area contributed by atoms with E-state index in [0.29, 0.717) is 11.4 Å². The molecule has 0 saturated carbocycles. The van der Waals surface area contributed by atoms with Crippen molar-refractivity contribution in [2.24, 2.45) is 10.2 Å². The molecular formula is C23H21N5O4. The number of rotatable bonds is 6. The first-order valence-corrected chi connectivity index (χ1v) is 9.57.